The van der Waals surface area contributed by atoms with E-state index >= 15 is 0 Å². The van der Waals surface area contributed by atoms with Gasteiger partial charge >= 0.3 is 0 Å². The standard InChI is InChI=1S/C29H39ClN7O2P/c1-35-15-17-37(18-16-35)21-11-13-36(14-12-21)22-9-10-24(26(19-22)39-2)33-29-31-20-23(30)28(34-29)32-25-7-5-6-8-27(25)40(3,4)38/h5-10,19-21H,11-18H2,1-4H3,(H2,31,32,33,34)/i1D3,15D2,16D2,17D2,18D2. The molecule has 0 bridgehead atoms. The molecule has 3 heterocycles. The SMILES string of the molecule is [2H]C([2H])([2H])N1C([2H])([2H])C([2H])([2H])N(C2CCN(c3ccc(Nc4ncc(Cl)c(Nc5ccccc5P(C)(C)=O)n4)c(OC)c3)CC2)C([2H])([2H])C1([2H])[2H]. The summed E-state index contributed by atoms with van der Waals surface area (Å²) in [5.74, 6) is 0.924. The van der Waals surface area contributed by atoms with Crippen molar-refractivity contribution < 1.29 is 24.4 Å². The molecule has 0 atom stereocenters. The second-order valence-corrected chi connectivity index (χ2v) is 13.4. The van der Waals surface area contributed by atoms with Crippen LogP contribution in [0.1, 0.15) is 27.9 Å². The molecule has 2 aliphatic rings. The smallest absolute Gasteiger partial charge is 0.229 e. The summed E-state index contributed by atoms with van der Waals surface area (Å²) in [7, 11) is -1.13. The molecule has 0 aliphatic carbocycles. The molecule has 2 aliphatic heterocycles. The second kappa shape index (κ2) is 12.4. The van der Waals surface area contributed by atoms with Gasteiger partial charge in [0.15, 0.2) is 5.82 Å². The second-order valence-electron chi connectivity index (χ2n) is 9.76. The molecule has 1 aromatic heterocycles. The van der Waals surface area contributed by atoms with Gasteiger partial charge in [0.1, 0.15) is 17.9 Å². The number of rotatable bonds is 8. The zero-order valence-corrected chi connectivity index (χ0v) is 24.1. The Kier molecular flexibility index (Phi) is 5.51. The summed E-state index contributed by atoms with van der Waals surface area (Å²) in [4.78, 5) is 11.0. The maximum Gasteiger partial charge on any atom is 0.229 e. The van der Waals surface area contributed by atoms with E-state index in [1.165, 1.54) is 13.3 Å². The van der Waals surface area contributed by atoms with Crippen molar-refractivity contribution in [3.8, 4) is 5.75 Å². The van der Waals surface area contributed by atoms with Crippen molar-refractivity contribution in [2.45, 2.75) is 18.9 Å². The molecule has 2 N–H and O–H groups in total. The maximum absolute atomic E-state index is 12.8. The highest BCUT2D eigenvalue weighted by molar-refractivity contribution is 7.70. The fraction of sp³-hybridized carbons (Fsp3) is 0.448. The number of anilines is 5. The monoisotopic (exact) mass is 594 g/mol. The Labute approximate surface area is 257 Å². The van der Waals surface area contributed by atoms with Gasteiger partial charge in [0.2, 0.25) is 5.95 Å². The number of ether oxygens (including phenoxy) is 1. The average Bonchev–Trinajstić information content (AvgIpc) is 3.01. The van der Waals surface area contributed by atoms with Crippen molar-refractivity contribution in [3.05, 3.63) is 53.7 Å². The molecule has 2 saturated heterocycles. The first kappa shape index (κ1) is 17.9. The van der Waals surface area contributed by atoms with E-state index in [-0.39, 0.29) is 41.8 Å². The van der Waals surface area contributed by atoms with E-state index in [4.69, 9.17) is 31.4 Å². The number of para-hydroxylation sites is 1. The summed E-state index contributed by atoms with van der Waals surface area (Å²) in [6.45, 7) is -12.7. The van der Waals surface area contributed by atoms with E-state index in [0.29, 0.717) is 33.1 Å². The number of likely N-dealkylation sites (N-methyl/N-ethyl adjacent to an activating group) is 1. The number of halogens is 1. The van der Waals surface area contributed by atoms with Crippen LogP contribution in [-0.4, -0.2) is 92.3 Å². The number of methoxy groups -OCH3 is 1. The highest BCUT2D eigenvalue weighted by Crippen LogP contribution is 2.39. The van der Waals surface area contributed by atoms with Gasteiger partial charge in [0, 0.05) is 77.3 Å². The molecule has 214 valence electrons. The van der Waals surface area contributed by atoms with E-state index in [1.54, 1.807) is 49.7 Å². The lowest BCUT2D eigenvalue weighted by atomic mass is 10.0. The lowest BCUT2D eigenvalue weighted by Gasteiger charge is -2.42. The number of piperidine rings is 1. The molecule has 3 aromatic rings. The number of nitrogens with zero attached hydrogens (tertiary/aromatic N) is 5. The van der Waals surface area contributed by atoms with Gasteiger partial charge in [-0.15, -0.1) is 0 Å². The number of hydrogen-bond donors (Lipinski definition) is 2. The molecule has 0 saturated carbocycles. The number of nitrogens with one attached hydrogen (secondary N) is 2. The van der Waals surface area contributed by atoms with Gasteiger partial charge in [-0.3, -0.25) is 4.90 Å². The van der Waals surface area contributed by atoms with E-state index in [0.717, 1.165) is 5.69 Å². The molecule has 40 heavy (non-hydrogen) atoms. The number of piperazine rings is 1. The minimum Gasteiger partial charge on any atom is -0.494 e. The summed E-state index contributed by atoms with van der Waals surface area (Å²) in [5.41, 5.74) is 1.85. The third-order valence-corrected chi connectivity index (χ3v) is 8.50. The quantitative estimate of drug-likeness (QED) is 0.346. The van der Waals surface area contributed by atoms with Crippen molar-refractivity contribution in [1.29, 1.82) is 0 Å². The Morgan fingerprint density at radius 3 is 2.52 bits per heavy atom. The largest absolute Gasteiger partial charge is 0.494 e. The average molecular weight is 595 g/mol. The van der Waals surface area contributed by atoms with E-state index in [2.05, 4.69) is 20.6 Å². The van der Waals surface area contributed by atoms with Crippen molar-refractivity contribution >= 4 is 52.9 Å². The van der Waals surface area contributed by atoms with Gasteiger partial charge in [-0.25, -0.2) is 4.98 Å². The molecule has 5 rings (SSSR count). The summed E-state index contributed by atoms with van der Waals surface area (Å²) in [6.07, 6.45) is 1.68. The highest BCUT2D eigenvalue weighted by Gasteiger charge is 2.27. The number of benzene rings is 2. The van der Waals surface area contributed by atoms with Crippen LogP contribution < -0.4 is 25.6 Å². The van der Waals surface area contributed by atoms with E-state index < -0.39 is 46.1 Å². The van der Waals surface area contributed by atoms with Crippen LogP contribution >= 0.6 is 18.7 Å². The Bertz CT molecular complexity index is 1790. The third kappa shape index (κ3) is 6.72. The Hall–Kier alpha value is -2.84. The lowest BCUT2D eigenvalue weighted by molar-refractivity contribution is 0.0982. The Morgan fingerprint density at radius 2 is 1.82 bits per heavy atom. The van der Waals surface area contributed by atoms with Gasteiger partial charge < -0.3 is 29.7 Å². The summed E-state index contributed by atoms with van der Waals surface area (Å²) in [5, 5.41) is 7.17. The van der Waals surface area contributed by atoms with Crippen LogP contribution in [0.3, 0.4) is 0 Å². The van der Waals surface area contributed by atoms with Gasteiger partial charge in [-0.05, 0) is 57.4 Å². The van der Waals surface area contributed by atoms with Crippen LogP contribution in [0.25, 0.3) is 0 Å². The first-order valence-electron chi connectivity index (χ1n) is 18.2. The van der Waals surface area contributed by atoms with Crippen molar-refractivity contribution in [3.63, 3.8) is 0 Å². The van der Waals surface area contributed by atoms with Gasteiger partial charge in [0.25, 0.3) is 0 Å². The van der Waals surface area contributed by atoms with Crippen LogP contribution in [-0.2, 0) is 4.57 Å². The zero-order valence-electron chi connectivity index (χ0n) is 33.4. The van der Waals surface area contributed by atoms with Crippen LogP contribution in [0.5, 0.6) is 5.75 Å². The summed E-state index contributed by atoms with van der Waals surface area (Å²) >= 11 is 6.40. The van der Waals surface area contributed by atoms with E-state index in [1.807, 2.05) is 11.0 Å². The van der Waals surface area contributed by atoms with Crippen LogP contribution in [0.15, 0.2) is 48.7 Å². The van der Waals surface area contributed by atoms with Crippen molar-refractivity contribution in [1.82, 2.24) is 19.8 Å². The van der Waals surface area contributed by atoms with Crippen LogP contribution in [0, 0.1) is 0 Å². The predicted molar refractivity (Wildman–Crippen MR) is 166 cm³/mol. The number of aromatic nitrogens is 2. The minimum atomic E-state index is -3.45. The Morgan fingerprint density at radius 1 is 1.07 bits per heavy atom. The molecule has 2 fully saturated rings. The number of hydrogen-bond acceptors (Lipinski definition) is 9. The van der Waals surface area contributed by atoms with Gasteiger partial charge in [-0.1, -0.05) is 23.7 Å². The molecular formula is C29H39ClN7O2P. The fourth-order valence-corrected chi connectivity index (χ4v) is 5.91. The van der Waals surface area contributed by atoms with Crippen molar-refractivity contribution in [2.75, 3.05) is 82.0 Å². The molecule has 0 unspecified atom stereocenters. The molecule has 9 nitrogen and oxygen atoms in total. The predicted octanol–water partition coefficient (Wildman–Crippen LogP) is 5.09. The van der Waals surface area contributed by atoms with Crippen LogP contribution in [0.2, 0.25) is 5.02 Å². The summed E-state index contributed by atoms with van der Waals surface area (Å²) < 4.78 is 110. The maximum atomic E-state index is 12.8. The molecule has 0 spiro atoms. The normalized spacial score (nSPS) is 27.0. The molecule has 0 amide bonds. The molecular weight excluding hydrogens is 545 g/mol. The minimum absolute atomic E-state index is 0.129. The highest BCUT2D eigenvalue weighted by atomic mass is 35.5. The fourth-order valence-electron chi connectivity index (χ4n) is 4.62. The lowest BCUT2D eigenvalue weighted by Crippen LogP contribution is -2.52. The van der Waals surface area contributed by atoms with Crippen molar-refractivity contribution in [2.24, 2.45) is 0 Å². The third-order valence-electron chi connectivity index (χ3n) is 6.67. The van der Waals surface area contributed by atoms with Crippen LogP contribution in [0.4, 0.5) is 28.8 Å². The molecule has 2 aromatic carbocycles. The van der Waals surface area contributed by atoms with Gasteiger partial charge in [0.05, 0.1) is 24.7 Å². The first-order chi connectivity index (χ1) is 23.4. The van der Waals surface area contributed by atoms with E-state index in [9.17, 15) is 4.57 Å². The Balaban J connectivity index is 1.33. The topological polar surface area (TPSA) is 85.9 Å². The molecule has 0 radical (unpaired) electrons. The zero-order chi connectivity index (χ0) is 37.9. The molecule has 11 heteroatoms. The first-order valence-corrected chi connectivity index (χ1v) is 15.7. The summed E-state index contributed by atoms with van der Waals surface area (Å²) in [6, 6.07) is 11.6. The van der Waals surface area contributed by atoms with Gasteiger partial charge in [-0.2, -0.15) is 4.98 Å².